The van der Waals surface area contributed by atoms with Crippen molar-refractivity contribution >= 4 is 46.7 Å². The highest BCUT2D eigenvalue weighted by Gasteiger charge is 2.16. The fourth-order valence-electron chi connectivity index (χ4n) is 2.80. The first-order chi connectivity index (χ1) is 16.0. The van der Waals surface area contributed by atoms with Gasteiger partial charge in [-0.05, 0) is 42.6 Å². The molecular formula is C20H19FN8O2S2. The predicted molar refractivity (Wildman–Crippen MR) is 123 cm³/mol. The van der Waals surface area contributed by atoms with E-state index in [4.69, 9.17) is 10.5 Å². The van der Waals surface area contributed by atoms with E-state index in [1.54, 1.807) is 11.3 Å². The summed E-state index contributed by atoms with van der Waals surface area (Å²) in [6, 6.07) is 9.60. The second-order valence-corrected chi connectivity index (χ2v) is 8.43. The standard InChI is InChI=1S/C20H19FN8O2S2/c1-2-29-17(14-4-3-9-32-14)27-28-20(29)33-11-16(30)31-10-15-24-18(22)26-19(25-15)23-13-7-5-12(21)6-8-13/h3-9H,2,10-11H2,1H3,(H3,22,23,24,25,26). The molecule has 4 rings (SSSR count). The molecule has 0 saturated heterocycles. The van der Waals surface area contributed by atoms with Gasteiger partial charge in [0.05, 0.1) is 10.6 Å². The van der Waals surface area contributed by atoms with Gasteiger partial charge in [-0.1, -0.05) is 17.8 Å². The Labute approximate surface area is 196 Å². The van der Waals surface area contributed by atoms with Gasteiger partial charge in [0.25, 0.3) is 0 Å². The molecule has 0 aliphatic rings. The summed E-state index contributed by atoms with van der Waals surface area (Å²) in [7, 11) is 0. The Morgan fingerprint density at radius 3 is 2.76 bits per heavy atom. The second-order valence-electron chi connectivity index (χ2n) is 6.54. The number of anilines is 3. The lowest BCUT2D eigenvalue weighted by Gasteiger charge is -2.08. The van der Waals surface area contributed by atoms with Crippen molar-refractivity contribution in [3.8, 4) is 10.7 Å². The number of thiophene rings is 1. The zero-order valence-corrected chi connectivity index (χ0v) is 19.1. The SMILES string of the molecule is CCn1c(SCC(=O)OCc2nc(N)nc(Nc3ccc(F)cc3)n2)nnc1-c1cccs1. The van der Waals surface area contributed by atoms with Gasteiger partial charge in [0.1, 0.15) is 5.82 Å². The summed E-state index contributed by atoms with van der Waals surface area (Å²) in [5.74, 6) is 0.298. The number of nitrogen functional groups attached to an aromatic ring is 1. The largest absolute Gasteiger partial charge is 0.457 e. The Bertz CT molecular complexity index is 1230. The Morgan fingerprint density at radius 2 is 2.03 bits per heavy atom. The molecule has 0 bridgehead atoms. The Balaban J connectivity index is 1.34. The van der Waals surface area contributed by atoms with Crippen molar-refractivity contribution in [3.63, 3.8) is 0 Å². The molecule has 0 atom stereocenters. The molecule has 0 aliphatic carbocycles. The maximum absolute atomic E-state index is 13.1. The number of thioether (sulfide) groups is 1. The van der Waals surface area contributed by atoms with Crippen LogP contribution in [0.1, 0.15) is 12.7 Å². The first-order valence-corrected chi connectivity index (χ1v) is 11.7. The van der Waals surface area contributed by atoms with Crippen LogP contribution in [0.25, 0.3) is 10.7 Å². The molecule has 0 spiro atoms. The molecule has 0 fully saturated rings. The molecule has 0 radical (unpaired) electrons. The van der Waals surface area contributed by atoms with E-state index in [0.29, 0.717) is 17.4 Å². The number of nitrogens with one attached hydrogen (secondary N) is 1. The highest BCUT2D eigenvalue weighted by atomic mass is 32.2. The van der Waals surface area contributed by atoms with Crippen LogP contribution in [0.5, 0.6) is 0 Å². The number of hydrogen-bond acceptors (Lipinski definition) is 11. The summed E-state index contributed by atoms with van der Waals surface area (Å²) in [4.78, 5) is 25.4. The number of carbonyl (C=O) groups excluding carboxylic acids is 1. The number of halogens is 1. The number of nitrogens with zero attached hydrogens (tertiary/aromatic N) is 6. The maximum Gasteiger partial charge on any atom is 0.316 e. The first kappa shape index (κ1) is 22.6. The van der Waals surface area contributed by atoms with E-state index in [0.717, 1.165) is 10.7 Å². The molecule has 0 aliphatic heterocycles. The molecule has 13 heteroatoms. The first-order valence-electron chi connectivity index (χ1n) is 9.80. The van der Waals surface area contributed by atoms with Gasteiger partial charge in [-0.25, -0.2) is 4.39 Å². The van der Waals surface area contributed by atoms with Gasteiger partial charge >= 0.3 is 5.97 Å². The average molecular weight is 487 g/mol. The summed E-state index contributed by atoms with van der Waals surface area (Å²) in [5.41, 5.74) is 6.30. The number of carbonyl (C=O) groups is 1. The third-order valence-corrected chi connectivity index (χ3v) is 6.06. The fourth-order valence-corrected chi connectivity index (χ4v) is 4.32. The summed E-state index contributed by atoms with van der Waals surface area (Å²) in [6.45, 7) is 2.49. The van der Waals surface area contributed by atoms with Gasteiger partial charge in [-0.3, -0.25) is 4.79 Å². The fraction of sp³-hybridized carbons (Fsp3) is 0.200. The van der Waals surface area contributed by atoms with Crippen LogP contribution in [0.3, 0.4) is 0 Å². The van der Waals surface area contributed by atoms with Crippen LogP contribution in [0.4, 0.5) is 22.0 Å². The zero-order valence-electron chi connectivity index (χ0n) is 17.4. The molecule has 3 N–H and O–H groups in total. The highest BCUT2D eigenvalue weighted by Crippen LogP contribution is 2.27. The molecule has 4 aromatic rings. The third-order valence-electron chi connectivity index (χ3n) is 4.26. The number of hydrogen-bond donors (Lipinski definition) is 2. The van der Waals surface area contributed by atoms with Gasteiger partial charge < -0.3 is 20.4 Å². The van der Waals surface area contributed by atoms with Crippen molar-refractivity contribution in [2.75, 3.05) is 16.8 Å². The van der Waals surface area contributed by atoms with Crippen molar-refractivity contribution < 1.29 is 13.9 Å². The molecular weight excluding hydrogens is 467 g/mol. The molecule has 0 amide bonds. The van der Waals surface area contributed by atoms with E-state index in [-0.39, 0.29) is 35.9 Å². The van der Waals surface area contributed by atoms with Crippen molar-refractivity contribution in [2.45, 2.75) is 25.2 Å². The predicted octanol–water partition coefficient (Wildman–Crippen LogP) is 3.51. The van der Waals surface area contributed by atoms with Gasteiger partial charge in [0, 0.05) is 12.2 Å². The van der Waals surface area contributed by atoms with E-state index < -0.39 is 5.97 Å². The lowest BCUT2D eigenvalue weighted by atomic mass is 10.3. The summed E-state index contributed by atoms with van der Waals surface area (Å²) >= 11 is 2.82. The number of nitrogens with two attached hydrogens (primary N) is 1. The lowest BCUT2D eigenvalue weighted by molar-refractivity contribution is -0.141. The Morgan fingerprint density at radius 1 is 1.21 bits per heavy atom. The highest BCUT2D eigenvalue weighted by molar-refractivity contribution is 7.99. The lowest BCUT2D eigenvalue weighted by Crippen LogP contribution is -2.12. The zero-order chi connectivity index (χ0) is 23.2. The Kier molecular flexibility index (Phi) is 7.10. The number of esters is 1. The average Bonchev–Trinajstić information content (AvgIpc) is 3.47. The number of benzene rings is 1. The van der Waals surface area contributed by atoms with Crippen molar-refractivity contribution in [1.82, 2.24) is 29.7 Å². The monoisotopic (exact) mass is 486 g/mol. The molecule has 3 aromatic heterocycles. The molecule has 10 nitrogen and oxygen atoms in total. The van der Waals surface area contributed by atoms with Crippen LogP contribution < -0.4 is 11.1 Å². The van der Waals surface area contributed by atoms with Crippen LogP contribution in [-0.4, -0.2) is 41.4 Å². The number of rotatable bonds is 9. The third kappa shape index (κ3) is 5.81. The minimum Gasteiger partial charge on any atom is -0.457 e. The molecule has 0 saturated carbocycles. The van der Waals surface area contributed by atoms with E-state index >= 15 is 0 Å². The van der Waals surface area contributed by atoms with Crippen molar-refractivity contribution in [2.24, 2.45) is 0 Å². The van der Waals surface area contributed by atoms with E-state index in [9.17, 15) is 9.18 Å². The quantitative estimate of drug-likeness (QED) is 0.267. The molecule has 1 aromatic carbocycles. The topological polar surface area (TPSA) is 134 Å². The molecule has 3 heterocycles. The number of ether oxygens (including phenoxy) is 1. The van der Waals surface area contributed by atoms with Gasteiger partial charge in [0.15, 0.2) is 23.4 Å². The smallest absolute Gasteiger partial charge is 0.316 e. The van der Waals surface area contributed by atoms with Crippen LogP contribution in [0.2, 0.25) is 0 Å². The molecule has 170 valence electrons. The maximum atomic E-state index is 13.1. The van der Waals surface area contributed by atoms with Crippen LogP contribution >= 0.6 is 23.1 Å². The normalized spacial score (nSPS) is 10.8. The minimum atomic E-state index is -0.463. The summed E-state index contributed by atoms with van der Waals surface area (Å²) < 4.78 is 20.3. The van der Waals surface area contributed by atoms with Crippen molar-refractivity contribution in [1.29, 1.82) is 0 Å². The van der Waals surface area contributed by atoms with Crippen LogP contribution in [-0.2, 0) is 22.7 Å². The number of aromatic nitrogens is 6. The van der Waals surface area contributed by atoms with Gasteiger partial charge in [-0.2, -0.15) is 15.0 Å². The van der Waals surface area contributed by atoms with E-state index in [2.05, 4.69) is 30.5 Å². The van der Waals surface area contributed by atoms with Gasteiger partial charge in [-0.15, -0.1) is 21.5 Å². The van der Waals surface area contributed by atoms with Crippen LogP contribution in [0.15, 0.2) is 46.9 Å². The van der Waals surface area contributed by atoms with Crippen molar-refractivity contribution in [3.05, 3.63) is 53.4 Å². The molecule has 33 heavy (non-hydrogen) atoms. The second kappa shape index (κ2) is 10.4. The van der Waals surface area contributed by atoms with E-state index in [1.807, 2.05) is 29.0 Å². The summed E-state index contributed by atoms with van der Waals surface area (Å²) in [6.07, 6.45) is 0. The van der Waals surface area contributed by atoms with Crippen LogP contribution in [0, 0.1) is 5.82 Å². The van der Waals surface area contributed by atoms with Gasteiger partial charge in [0.2, 0.25) is 11.9 Å². The Hall–Kier alpha value is -3.58. The summed E-state index contributed by atoms with van der Waals surface area (Å²) in [5, 5.41) is 13.9. The van der Waals surface area contributed by atoms with E-state index in [1.165, 1.54) is 36.0 Å². The minimum absolute atomic E-state index is 0.0350. The molecule has 0 unspecified atom stereocenters.